The summed E-state index contributed by atoms with van der Waals surface area (Å²) in [5, 5.41) is 10.4. The van der Waals surface area contributed by atoms with Gasteiger partial charge < -0.3 is 14.8 Å². The molecular weight excluding hydrogens is 334 g/mol. The van der Waals surface area contributed by atoms with Gasteiger partial charge in [-0.25, -0.2) is 4.63 Å². The van der Waals surface area contributed by atoms with Crippen LogP contribution >= 0.6 is 0 Å². The van der Waals surface area contributed by atoms with Crippen LogP contribution in [-0.2, 0) is 4.79 Å². The molecule has 0 saturated heterocycles. The second-order valence-corrected chi connectivity index (χ2v) is 6.11. The number of rotatable bonds is 3. The van der Waals surface area contributed by atoms with E-state index in [9.17, 15) is 4.79 Å². The number of carbonyl (C=O) groups is 1. The average Bonchev–Trinajstić information content (AvgIpc) is 3.11. The van der Waals surface area contributed by atoms with Crippen LogP contribution in [0.25, 0.3) is 11.3 Å². The third-order valence-corrected chi connectivity index (χ3v) is 4.31. The number of carbonyl (C=O) groups excluding carboxylic acids is 1. The van der Waals surface area contributed by atoms with Crippen molar-refractivity contribution in [3.63, 3.8) is 0 Å². The van der Waals surface area contributed by atoms with Crippen molar-refractivity contribution in [2.45, 2.75) is 20.0 Å². The van der Waals surface area contributed by atoms with E-state index in [0.29, 0.717) is 17.2 Å². The second kappa shape index (κ2) is 6.51. The third-order valence-electron chi connectivity index (χ3n) is 4.31. The lowest BCUT2D eigenvalue weighted by molar-refractivity contribution is -0.125. The van der Waals surface area contributed by atoms with Gasteiger partial charge in [-0.3, -0.25) is 4.79 Å². The Hall–Kier alpha value is -3.35. The molecule has 4 rings (SSSR count). The molecule has 1 N–H and O–H groups in total. The minimum atomic E-state index is -0.783. The molecule has 7 heteroatoms. The van der Waals surface area contributed by atoms with Gasteiger partial charge in [0.25, 0.3) is 5.91 Å². The molecule has 26 heavy (non-hydrogen) atoms. The monoisotopic (exact) mass is 351 g/mol. The molecule has 0 bridgehead atoms. The number of fused-ring (bicyclic) bond motifs is 1. The highest BCUT2D eigenvalue weighted by molar-refractivity contribution is 5.96. The van der Waals surface area contributed by atoms with Crippen LogP contribution in [0.3, 0.4) is 0 Å². The molecule has 1 unspecified atom stereocenters. The minimum absolute atomic E-state index is 0.118. The predicted molar refractivity (Wildman–Crippen MR) is 94.2 cm³/mol. The van der Waals surface area contributed by atoms with Gasteiger partial charge in [0, 0.05) is 5.56 Å². The lowest BCUT2D eigenvalue weighted by atomic mass is 10.0. The highest BCUT2D eigenvalue weighted by atomic mass is 16.6. The number of para-hydroxylation sites is 2. The highest BCUT2D eigenvalue weighted by Crippen LogP contribution is 2.31. The molecule has 2 heterocycles. The van der Waals surface area contributed by atoms with Gasteiger partial charge in [0.15, 0.2) is 17.2 Å². The fraction of sp³-hybridized carbons (Fsp3) is 0.211. The summed E-state index contributed by atoms with van der Waals surface area (Å²) in [5.41, 5.74) is 3.57. The van der Waals surface area contributed by atoms with Gasteiger partial charge in [-0.1, -0.05) is 24.3 Å². The highest BCUT2D eigenvalue weighted by Gasteiger charge is 2.29. The van der Waals surface area contributed by atoms with Gasteiger partial charge in [-0.15, -0.1) is 0 Å². The largest absolute Gasteiger partial charge is 0.485 e. The maximum absolute atomic E-state index is 12.6. The molecule has 0 fully saturated rings. The quantitative estimate of drug-likeness (QED) is 0.780. The first-order valence-corrected chi connectivity index (χ1v) is 8.21. The molecule has 3 aromatic rings. The zero-order valence-corrected chi connectivity index (χ0v) is 14.4. The van der Waals surface area contributed by atoms with E-state index in [1.165, 1.54) is 5.56 Å². The molecule has 1 atom stereocenters. The Morgan fingerprint density at radius 2 is 1.88 bits per heavy atom. The topological polar surface area (TPSA) is 86.5 Å². The summed E-state index contributed by atoms with van der Waals surface area (Å²) in [5.74, 6) is 1.03. The van der Waals surface area contributed by atoms with E-state index in [1.807, 2.05) is 44.2 Å². The van der Waals surface area contributed by atoms with Crippen LogP contribution in [0.15, 0.2) is 47.1 Å². The molecule has 0 radical (unpaired) electrons. The first-order valence-electron chi connectivity index (χ1n) is 8.21. The van der Waals surface area contributed by atoms with E-state index in [2.05, 4.69) is 15.6 Å². The molecular formula is C19H17N3O4. The maximum atomic E-state index is 12.6. The van der Waals surface area contributed by atoms with E-state index in [0.717, 1.165) is 11.1 Å². The normalized spacial score (nSPS) is 15.5. The molecule has 1 aliphatic heterocycles. The Balaban J connectivity index is 1.53. The van der Waals surface area contributed by atoms with Gasteiger partial charge in [0.2, 0.25) is 11.9 Å². The van der Waals surface area contributed by atoms with Crippen molar-refractivity contribution >= 4 is 11.7 Å². The van der Waals surface area contributed by atoms with Crippen molar-refractivity contribution in [1.82, 2.24) is 10.3 Å². The van der Waals surface area contributed by atoms with E-state index in [-0.39, 0.29) is 18.3 Å². The van der Waals surface area contributed by atoms with Crippen LogP contribution < -0.4 is 14.8 Å². The average molecular weight is 351 g/mol. The van der Waals surface area contributed by atoms with Crippen LogP contribution in [0.5, 0.6) is 11.5 Å². The number of ether oxygens (including phenoxy) is 2. The number of anilines is 1. The van der Waals surface area contributed by atoms with E-state index >= 15 is 0 Å². The van der Waals surface area contributed by atoms with Crippen LogP contribution in [0.4, 0.5) is 5.82 Å². The van der Waals surface area contributed by atoms with Crippen molar-refractivity contribution in [1.29, 1.82) is 0 Å². The van der Waals surface area contributed by atoms with Crippen molar-refractivity contribution in [3.8, 4) is 22.8 Å². The Kier molecular flexibility index (Phi) is 4.04. The Morgan fingerprint density at radius 3 is 2.69 bits per heavy atom. The van der Waals surface area contributed by atoms with E-state index < -0.39 is 6.10 Å². The van der Waals surface area contributed by atoms with Crippen molar-refractivity contribution in [3.05, 3.63) is 53.6 Å². The number of hydrogen-bond donors (Lipinski definition) is 1. The van der Waals surface area contributed by atoms with Gasteiger partial charge in [-0.2, -0.15) is 0 Å². The second-order valence-electron chi connectivity index (χ2n) is 6.11. The number of aromatic nitrogens is 2. The van der Waals surface area contributed by atoms with Crippen LogP contribution in [0.2, 0.25) is 0 Å². The van der Waals surface area contributed by atoms with Gasteiger partial charge in [0.1, 0.15) is 6.61 Å². The number of nitrogens with zero attached hydrogens (tertiary/aromatic N) is 2. The molecule has 1 amide bonds. The van der Waals surface area contributed by atoms with Crippen LogP contribution in [0.1, 0.15) is 11.1 Å². The van der Waals surface area contributed by atoms with Crippen LogP contribution in [0, 0.1) is 13.8 Å². The zero-order valence-electron chi connectivity index (χ0n) is 14.4. The fourth-order valence-corrected chi connectivity index (χ4v) is 2.69. The first kappa shape index (κ1) is 16.1. The minimum Gasteiger partial charge on any atom is -0.485 e. The van der Waals surface area contributed by atoms with Crippen molar-refractivity contribution in [2.24, 2.45) is 0 Å². The lowest BCUT2D eigenvalue weighted by Gasteiger charge is -2.25. The number of amides is 1. The number of hydrogen-bond acceptors (Lipinski definition) is 6. The predicted octanol–water partition coefficient (Wildman–Crippen LogP) is 3.13. The zero-order chi connectivity index (χ0) is 18.1. The van der Waals surface area contributed by atoms with Crippen molar-refractivity contribution in [2.75, 3.05) is 11.9 Å². The standard InChI is InChI=1S/C19H17N3O4/c1-11-7-8-13(9-12(11)2)17-18(22-26-21-17)20-19(23)16-10-24-14-5-3-4-6-15(14)25-16/h3-9,16H,10H2,1-2H3,(H,20,22,23). The molecule has 2 aromatic carbocycles. The van der Waals surface area contributed by atoms with Gasteiger partial charge >= 0.3 is 0 Å². The number of aryl methyl sites for hydroxylation is 2. The molecule has 0 spiro atoms. The number of nitrogens with one attached hydrogen (secondary N) is 1. The summed E-state index contributed by atoms with van der Waals surface area (Å²) in [6.45, 7) is 4.16. The molecule has 1 aliphatic rings. The van der Waals surface area contributed by atoms with E-state index in [4.69, 9.17) is 14.1 Å². The molecule has 0 aliphatic carbocycles. The maximum Gasteiger partial charge on any atom is 0.270 e. The number of benzene rings is 2. The lowest BCUT2D eigenvalue weighted by Crippen LogP contribution is -2.40. The molecule has 0 saturated carbocycles. The first-order chi connectivity index (χ1) is 12.6. The Labute approximate surface area is 149 Å². The Morgan fingerprint density at radius 1 is 1.08 bits per heavy atom. The van der Waals surface area contributed by atoms with Crippen LogP contribution in [-0.4, -0.2) is 28.9 Å². The summed E-state index contributed by atoms with van der Waals surface area (Å²) in [6.07, 6.45) is -0.783. The Bertz CT molecular complexity index is 967. The summed E-state index contributed by atoms with van der Waals surface area (Å²) in [6, 6.07) is 13.1. The summed E-state index contributed by atoms with van der Waals surface area (Å²) >= 11 is 0. The molecule has 1 aromatic heterocycles. The van der Waals surface area contributed by atoms with E-state index in [1.54, 1.807) is 12.1 Å². The fourth-order valence-electron chi connectivity index (χ4n) is 2.69. The SMILES string of the molecule is Cc1ccc(-c2nonc2NC(=O)C2COc3ccccc3O2)cc1C. The summed E-state index contributed by atoms with van der Waals surface area (Å²) in [7, 11) is 0. The van der Waals surface area contributed by atoms with Crippen molar-refractivity contribution < 1.29 is 18.9 Å². The smallest absolute Gasteiger partial charge is 0.270 e. The summed E-state index contributed by atoms with van der Waals surface area (Å²) < 4.78 is 16.1. The third kappa shape index (κ3) is 2.99. The molecule has 132 valence electrons. The van der Waals surface area contributed by atoms with Gasteiger partial charge in [0.05, 0.1) is 0 Å². The summed E-state index contributed by atoms with van der Waals surface area (Å²) in [4.78, 5) is 12.6. The van der Waals surface area contributed by atoms with Gasteiger partial charge in [-0.05, 0) is 53.5 Å². The molecule has 7 nitrogen and oxygen atoms in total.